The lowest BCUT2D eigenvalue weighted by atomic mass is 9.94. The van der Waals surface area contributed by atoms with Crippen molar-refractivity contribution in [1.29, 1.82) is 0 Å². The third-order valence-corrected chi connectivity index (χ3v) is 5.24. The molecule has 0 radical (unpaired) electrons. The van der Waals surface area contributed by atoms with Crippen molar-refractivity contribution in [3.63, 3.8) is 0 Å². The van der Waals surface area contributed by atoms with Crippen molar-refractivity contribution in [3.05, 3.63) is 51.5 Å². The van der Waals surface area contributed by atoms with Crippen LogP contribution >= 0.6 is 11.3 Å². The van der Waals surface area contributed by atoms with Crippen LogP contribution in [0.3, 0.4) is 0 Å². The average Bonchev–Trinajstić information content (AvgIpc) is 3.17. The summed E-state index contributed by atoms with van der Waals surface area (Å²) in [6.07, 6.45) is 1.20. The number of nitrogens with one attached hydrogen (secondary N) is 1. The Balaban J connectivity index is 1.45. The highest BCUT2D eigenvalue weighted by molar-refractivity contribution is 7.09. The predicted molar refractivity (Wildman–Crippen MR) is 94.2 cm³/mol. The Morgan fingerprint density at radius 1 is 1.39 bits per heavy atom. The number of aryl methyl sites for hydroxylation is 2. The molecule has 1 aromatic heterocycles. The molecule has 2 aromatic rings. The van der Waals surface area contributed by atoms with Crippen LogP contribution in [0, 0.1) is 13.8 Å². The molecule has 1 N–H and O–H groups in total. The van der Waals surface area contributed by atoms with E-state index < -0.39 is 0 Å². The van der Waals surface area contributed by atoms with E-state index >= 15 is 0 Å². The summed E-state index contributed by atoms with van der Waals surface area (Å²) in [5.74, 6) is 0.553. The van der Waals surface area contributed by atoms with Crippen molar-refractivity contribution in [1.82, 2.24) is 15.2 Å². The number of carbonyl (C=O) groups is 1. The van der Waals surface area contributed by atoms with Crippen molar-refractivity contribution in [2.45, 2.75) is 26.2 Å². The lowest BCUT2D eigenvalue weighted by molar-refractivity contribution is 0.0945. The molecule has 3 rings (SSSR count). The summed E-state index contributed by atoms with van der Waals surface area (Å²) in [5, 5.41) is 5.71. The Bertz CT molecular complexity index is 682. The van der Waals surface area contributed by atoms with Gasteiger partial charge in [-0.25, -0.2) is 4.98 Å². The summed E-state index contributed by atoms with van der Waals surface area (Å²) in [7, 11) is 0. The van der Waals surface area contributed by atoms with Gasteiger partial charge in [-0.2, -0.15) is 0 Å². The van der Waals surface area contributed by atoms with Crippen LogP contribution in [0.2, 0.25) is 0 Å². The summed E-state index contributed by atoms with van der Waals surface area (Å²) in [6.45, 7) is 7.86. The second-order valence-corrected chi connectivity index (χ2v) is 7.21. The van der Waals surface area contributed by atoms with Crippen molar-refractivity contribution in [2.75, 3.05) is 26.2 Å². The molecule has 122 valence electrons. The number of benzene rings is 1. The number of rotatable bonds is 5. The second-order valence-electron chi connectivity index (χ2n) is 6.15. The topological polar surface area (TPSA) is 45.2 Å². The summed E-state index contributed by atoms with van der Waals surface area (Å²) in [5.41, 5.74) is 3.38. The van der Waals surface area contributed by atoms with E-state index in [1.807, 2.05) is 12.3 Å². The maximum absolute atomic E-state index is 12.0. The normalized spacial score (nSPS) is 18.3. The Morgan fingerprint density at radius 3 is 2.96 bits per heavy atom. The lowest BCUT2D eigenvalue weighted by Crippen LogP contribution is -2.34. The van der Waals surface area contributed by atoms with Gasteiger partial charge in [0.25, 0.3) is 5.91 Å². The molecule has 1 atom stereocenters. The molecular weight excluding hydrogens is 306 g/mol. The number of nitrogens with zero attached hydrogens (tertiary/aromatic N) is 2. The van der Waals surface area contributed by atoms with Crippen LogP contribution in [-0.4, -0.2) is 42.0 Å². The Hall–Kier alpha value is -1.72. The first kappa shape index (κ1) is 16.1. The van der Waals surface area contributed by atoms with Gasteiger partial charge < -0.3 is 10.2 Å². The Morgan fingerprint density at radius 2 is 2.22 bits per heavy atom. The van der Waals surface area contributed by atoms with Crippen molar-refractivity contribution in [2.24, 2.45) is 0 Å². The zero-order valence-corrected chi connectivity index (χ0v) is 14.5. The van der Waals surface area contributed by atoms with Crippen LogP contribution in [-0.2, 0) is 0 Å². The van der Waals surface area contributed by atoms with Gasteiger partial charge in [0.1, 0.15) is 5.69 Å². The minimum Gasteiger partial charge on any atom is -0.349 e. The maximum atomic E-state index is 12.0. The molecule has 1 aliphatic rings. The molecule has 1 amide bonds. The van der Waals surface area contributed by atoms with Crippen molar-refractivity contribution in [3.8, 4) is 0 Å². The lowest BCUT2D eigenvalue weighted by Gasteiger charge is -2.17. The second kappa shape index (κ2) is 7.23. The van der Waals surface area contributed by atoms with Gasteiger partial charge in [-0.3, -0.25) is 4.79 Å². The molecule has 0 saturated carbocycles. The molecule has 0 aliphatic carbocycles. The molecule has 0 unspecified atom stereocenters. The van der Waals surface area contributed by atoms with Gasteiger partial charge in [-0.05, 0) is 43.9 Å². The van der Waals surface area contributed by atoms with E-state index in [0.29, 0.717) is 18.2 Å². The van der Waals surface area contributed by atoms with Crippen LogP contribution in [0.5, 0.6) is 0 Å². The average molecular weight is 329 g/mol. The summed E-state index contributed by atoms with van der Waals surface area (Å²) >= 11 is 1.51. The number of hydrogen-bond acceptors (Lipinski definition) is 4. The van der Waals surface area contributed by atoms with Crippen molar-refractivity contribution >= 4 is 17.2 Å². The Kier molecular flexibility index (Phi) is 5.08. The fourth-order valence-electron chi connectivity index (χ4n) is 3.22. The minimum atomic E-state index is -0.0657. The quantitative estimate of drug-likeness (QED) is 0.917. The zero-order valence-electron chi connectivity index (χ0n) is 13.7. The van der Waals surface area contributed by atoms with E-state index in [-0.39, 0.29) is 5.91 Å². The summed E-state index contributed by atoms with van der Waals surface area (Å²) in [6, 6.07) is 8.66. The monoisotopic (exact) mass is 329 g/mol. The highest BCUT2D eigenvalue weighted by atomic mass is 32.1. The molecular formula is C18H23N3OS. The van der Waals surface area contributed by atoms with Gasteiger partial charge in [0.05, 0.1) is 5.01 Å². The molecule has 2 heterocycles. The molecule has 0 bridgehead atoms. The third kappa shape index (κ3) is 3.98. The van der Waals surface area contributed by atoms with Gasteiger partial charge in [-0.15, -0.1) is 11.3 Å². The molecule has 23 heavy (non-hydrogen) atoms. The van der Waals surface area contributed by atoms with Crippen LogP contribution in [0.1, 0.15) is 39.0 Å². The van der Waals surface area contributed by atoms with E-state index in [1.165, 1.54) is 28.9 Å². The van der Waals surface area contributed by atoms with Gasteiger partial charge in [-0.1, -0.05) is 24.3 Å². The smallest absolute Gasteiger partial charge is 0.270 e. The van der Waals surface area contributed by atoms with E-state index in [0.717, 1.165) is 24.6 Å². The van der Waals surface area contributed by atoms with Crippen LogP contribution < -0.4 is 5.32 Å². The van der Waals surface area contributed by atoms with Gasteiger partial charge >= 0.3 is 0 Å². The standard InChI is InChI=1S/C18H23N3OS/c1-13-5-3-4-6-16(13)15-7-9-21(11-15)10-8-19-18(22)17-12-23-14(2)20-17/h3-6,12,15H,7-11H2,1-2H3,(H,19,22)/t15-/m1/s1. The van der Waals surface area contributed by atoms with E-state index in [2.05, 4.69) is 46.4 Å². The number of hydrogen-bond donors (Lipinski definition) is 1. The first-order chi connectivity index (χ1) is 11.1. The molecule has 4 nitrogen and oxygen atoms in total. The van der Waals surface area contributed by atoms with Crippen LogP contribution in [0.15, 0.2) is 29.6 Å². The molecule has 1 saturated heterocycles. The van der Waals surface area contributed by atoms with Gasteiger partial charge in [0.2, 0.25) is 0 Å². The highest BCUT2D eigenvalue weighted by Crippen LogP contribution is 2.28. The summed E-state index contributed by atoms with van der Waals surface area (Å²) in [4.78, 5) is 18.6. The third-order valence-electron chi connectivity index (χ3n) is 4.47. The van der Waals surface area contributed by atoms with Crippen molar-refractivity contribution < 1.29 is 4.79 Å². The number of thiazole rings is 1. The van der Waals surface area contributed by atoms with Gasteiger partial charge in [0, 0.05) is 25.0 Å². The molecule has 1 aliphatic heterocycles. The minimum absolute atomic E-state index is 0.0657. The number of carbonyl (C=O) groups excluding carboxylic acids is 1. The van der Waals surface area contributed by atoms with E-state index in [9.17, 15) is 4.79 Å². The fourth-order valence-corrected chi connectivity index (χ4v) is 3.81. The first-order valence-electron chi connectivity index (χ1n) is 8.11. The molecule has 0 spiro atoms. The van der Waals surface area contributed by atoms with Crippen LogP contribution in [0.4, 0.5) is 0 Å². The predicted octanol–water partition coefficient (Wildman–Crippen LogP) is 2.98. The molecule has 1 fully saturated rings. The number of aromatic nitrogens is 1. The zero-order chi connectivity index (χ0) is 16.2. The maximum Gasteiger partial charge on any atom is 0.270 e. The number of amides is 1. The van der Waals surface area contributed by atoms with Gasteiger partial charge in [0.15, 0.2) is 0 Å². The van der Waals surface area contributed by atoms with E-state index in [4.69, 9.17) is 0 Å². The first-order valence-corrected chi connectivity index (χ1v) is 8.99. The highest BCUT2D eigenvalue weighted by Gasteiger charge is 2.24. The largest absolute Gasteiger partial charge is 0.349 e. The molecule has 1 aromatic carbocycles. The molecule has 5 heteroatoms. The SMILES string of the molecule is Cc1nc(C(=O)NCCN2CC[C@@H](c3ccccc3C)C2)cs1. The fraction of sp³-hybridized carbons (Fsp3) is 0.444. The Labute approximate surface area is 141 Å². The van der Waals surface area contributed by atoms with Crippen LogP contribution in [0.25, 0.3) is 0 Å². The van der Waals surface area contributed by atoms with E-state index in [1.54, 1.807) is 0 Å². The number of likely N-dealkylation sites (tertiary alicyclic amines) is 1. The summed E-state index contributed by atoms with van der Waals surface area (Å²) < 4.78 is 0.